The molecular formula is C17H15ClN4O3S. The molecule has 0 unspecified atom stereocenters. The lowest BCUT2D eigenvalue weighted by molar-refractivity contribution is -0.384. The predicted molar refractivity (Wildman–Crippen MR) is 99.9 cm³/mol. The van der Waals surface area contributed by atoms with Crippen molar-refractivity contribution in [2.45, 2.75) is 23.5 Å². The first-order chi connectivity index (χ1) is 12.5. The van der Waals surface area contributed by atoms with Gasteiger partial charge in [-0.1, -0.05) is 23.7 Å². The van der Waals surface area contributed by atoms with Crippen LogP contribution in [0.15, 0.2) is 52.5 Å². The fourth-order valence-corrected chi connectivity index (χ4v) is 3.65. The second-order valence-electron chi connectivity index (χ2n) is 5.22. The molecule has 0 fully saturated rings. The van der Waals surface area contributed by atoms with Crippen molar-refractivity contribution < 1.29 is 9.66 Å². The van der Waals surface area contributed by atoms with E-state index in [0.717, 1.165) is 5.56 Å². The van der Waals surface area contributed by atoms with Gasteiger partial charge in [0.05, 0.1) is 22.6 Å². The summed E-state index contributed by atoms with van der Waals surface area (Å²) in [5.74, 6) is 1.39. The van der Waals surface area contributed by atoms with Gasteiger partial charge in [0.2, 0.25) is 0 Å². The summed E-state index contributed by atoms with van der Waals surface area (Å²) in [7, 11) is 1.61. The van der Waals surface area contributed by atoms with E-state index in [-0.39, 0.29) is 5.69 Å². The molecule has 0 saturated heterocycles. The second kappa shape index (κ2) is 7.76. The standard InChI is InChI=1S/C17H15ClN4O3S/c1-3-21-16(12-6-4-5-7-14(12)25-2)19-20-17(21)26-15-9-8-11(22(23)24)10-13(15)18/h4-10H,3H2,1-2H3. The lowest BCUT2D eigenvalue weighted by atomic mass is 10.2. The maximum atomic E-state index is 10.8. The van der Waals surface area contributed by atoms with Crippen LogP contribution in [0.5, 0.6) is 5.75 Å². The van der Waals surface area contributed by atoms with Gasteiger partial charge in [0.25, 0.3) is 5.69 Å². The van der Waals surface area contributed by atoms with Crippen LogP contribution in [0, 0.1) is 10.1 Å². The van der Waals surface area contributed by atoms with Crippen LogP contribution < -0.4 is 4.74 Å². The fraction of sp³-hybridized carbons (Fsp3) is 0.176. The number of non-ortho nitro benzene ring substituents is 1. The van der Waals surface area contributed by atoms with Crippen LogP contribution in [0.2, 0.25) is 5.02 Å². The molecule has 1 heterocycles. The third kappa shape index (κ3) is 3.51. The van der Waals surface area contributed by atoms with Gasteiger partial charge in [-0.2, -0.15) is 0 Å². The smallest absolute Gasteiger partial charge is 0.270 e. The number of rotatable bonds is 6. The Hall–Kier alpha value is -2.58. The van der Waals surface area contributed by atoms with E-state index in [1.54, 1.807) is 13.2 Å². The summed E-state index contributed by atoms with van der Waals surface area (Å²) in [6.45, 7) is 2.64. The van der Waals surface area contributed by atoms with Gasteiger partial charge in [0, 0.05) is 23.6 Å². The summed E-state index contributed by atoms with van der Waals surface area (Å²) in [4.78, 5) is 11.0. The zero-order chi connectivity index (χ0) is 18.7. The molecule has 0 aliphatic carbocycles. The van der Waals surface area contributed by atoms with Gasteiger partial charge >= 0.3 is 0 Å². The topological polar surface area (TPSA) is 83.1 Å². The highest BCUT2D eigenvalue weighted by molar-refractivity contribution is 7.99. The summed E-state index contributed by atoms with van der Waals surface area (Å²) in [6, 6.07) is 11.9. The van der Waals surface area contributed by atoms with Crippen LogP contribution >= 0.6 is 23.4 Å². The molecule has 3 aromatic rings. The second-order valence-corrected chi connectivity index (χ2v) is 6.64. The maximum absolute atomic E-state index is 10.8. The molecule has 26 heavy (non-hydrogen) atoms. The molecule has 0 N–H and O–H groups in total. The fourth-order valence-electron chi connectivity index (χ4n) is 2.46. The molecule has 0 aliphatic rings. The van der Waals surface area contributed by atoms with E-state index in [1.165, 1.54) is 23.9 Å². The first kappa shape index (κ1) is 18.2. The number of nitro benzene ring substituents is 1. The Bertz CT molecular complexity index is 961. The zero-order valence-electron chi connectivity index (χ0n) is 14.0. The number of methoxy groups -OCH3 is 1. The molecule has 0 amide bonds. The Morgan fingerprint density at radius 3 is 2.69 bits per heavy atom. The van der Waals surface area contributed by atoms with Gasteiger partial charge in [-0.15, -0.1) is 10.2 Å². The van der Waals surface area contributed by atoms with E-state index in [2.05, 4.69) is 10.2 Å². The third-order valence-corrected chi connectivity index (χ3v) is 5.19. The molecule has 0 aliphatic heterocycles. The Balaban J connectivity index is 1.98. The molecule has 0 spiro atoms. The van der Waals surface area contributed by atoms with Crippen LogP contribution in [-0.4, -0.2) is 26.8 Å². The van der Waals surface area contributed by atoms with E-state index in [4.69, 9.17) is 16.3 Å². The van der Waals surface area contributed by atoms with Crippen LogP contribution in [0.4, 0.5) is 5.69 Å². The van der Waals surface area contributed by atoms with Gasteiger partial charge < -0.3 is 9.30 Å². The number of nitro groups is 1. The minimum Gasteiger partial charge on any atom is -0.496 e. The highest BCUT2D eigenvalue weighted by Gasteiger charge is 2.18. The molecule has 3 rings (SSSR count). The largest absolute Gasteiger partial charge is 0.496 e. The molecule has 0 atom stereocenters. The van der Waals surface area contributed by atoms with Gasteiger partial charge in [0.15, 0.2) is 11.0 Å². The van der Waals surface area contributed by atoms with E-state index >= 15 is 0 Å². The first-order valence-corrected chi connectivity index (χ1v) is 8.93. The molecule has 9 heteroatoms. The number of benzene rings is 2. The molecule has 0 saturated carbocycles. The van der Waals surface area contributed by atoms with Gasteiger partial charge in [-0.3, -0.25) is 10.1 Å². The number of hydrogen-bond donors (Lipinski definition) is 0. The van der Waals surface area contributed by atoms with Crippen molar-refractivity contribution in [1.82, 2.24) is 14.8 Å². The van der Waals surface area contributed by atoms with E-state index < -0.39 is 4.92 Å². The number of hydrogen-bond acceptors (Lipinski definition) is 6. The van der Waals surface area contributed by atoms with Crippen molar-refractivity contribution in [2.24, 2.45) is 0 Å². The van der Waals surface area contributed by atoms with Gasteiger partial charge in [-0.05, 0) is 36.9 Å². The highest BCUT2D eigenvalue weighted by Crippen LogP contribution is 2.37. The summed E-state index contributed by atoms with van der Waals surface area (Å²) in [5.41, 5.74) is 0.789. The average Bonchev–Trinajstić information content (AvgIpc) is 3.05. The number of aromatic nitrogens is 3. The minimum atomic E-state index is -0.478. The van der Waals surface area contributed by atoms with Gasteiger partial charge in [0.1, 0.15) is 5.75 Å². The van der Waals surface area contributed by atoms with Crippen LogP contribution in [0.1, 0.15) is 6.92 Å². The van der Waals surface area contributed by atoms with Gasteiger partial charge in [-0.25, -0.2) is 0 Å². The van der Waals surface area contributed by atoms with Crippen molar-refractivity contribution in [2.75, 3.05) is 7.11 Å². The molecule has 7 nitrogen and oxygen atoms in total. The van der Waals surface area contributed by atoms with E-state index in [1.807, 2.05) is 35.8 Å². The monoisotopic (exact) mass is 390 g/mol. The Morgan fingerprint density at radius 2 is 2.04 bits per heavy atom. The van der Waals surface area contributed by atoms with Crippen molar-refractivity contribution in [3.8, 4) is 17.1 Å². The average molecular weight is 391 g/mol. The Morgan fingerprint density at radius 1 is 1.27 bits per heavy atom. The maximum Gasteiger partial charge on any atom is 0.270 e. The molecule has 134 valence electrons. The van der Waals surface area contributed by atoms with Crippen molar-refractivity contribution in [1.29, 1.82) is 0 Å². The molecule has 1 aromatic heterocycles. The first-order valence-electron chi connectivity index (χ1n) is 7.73. The quantitative estimate of drug-likeness (QED) is 0.448. The lowest BCUT2D eigenvalue weighted by Gasteiger charge is -2.10. The number of para-hydroxylation sites is 1. The molecular weight excluding hydrogens is 376 g/mol. The highest BCUT2D eigenvalue weighted by atomic mass is 35.5. The van der Waals surface area contributed by atoms with Crippen LogP contribution in [0.3, 0.4) is 0 Å². The zero-order valence-corrected chi connectivity index (χ0v) is 15.6. The molecule has 0 bridgehead atoms. The van der Waals surface area contributed by atoms with Crippen LogP contribution in [0.25, 0.3) is 11.4 Å². The molecule has 2 aromatic carbocycles. The summed E-state index contributed by atoms with van der Waals surface area (Å²) in [5, 5.41) is 20.3. The summed E-state index contributed by atoms with van der Waals surface area (Å²) >= 11 is 7.50. The Kier molecular flexibility index (Phi) is 5.43. The normalized spacial score (nSPS) is 10.7. The summed E-state index contributed by atoms with van der Waals surface area (Å²) in [6.07, 6.45) is 0. The Labute approximate surface area is 159 Å². The van der Waals surface area contributed by atoms with Crippen molar-refractivity contribution in [3.63, 3.8) is 0 Å². The lowest BCUT2D eigenvalue weighted by Crippen LogP contribution is -2.01. The van der Waals surface area contributed by atoms with E-state index in [0.29, 0.717) is 33.2 Å². The predicted octanol–water partition coefficient (Wildman–Crippen LogP) is 4.69. The van der Waals surface area contributed by atoms with Crippen LogP contribution in [-0.2, 0) is 6.54 Å². The number of halogens is 1. The SMILES string of the molecule is CCn1c(Sc2ccc([N+](=O)[O-])cc2Cl)nnc1-c1ccccc1OC. The number of ether oxygens (including phenoxy) is 1. The molecule has 0 radical (unpaired) electrons. The van der Waals surface area contributed by atoms with E-state index in [9.17, 15) is 10.1 Å². The van der Waals surface area contributed by atoms with Crippen molar-refractivity contribution in [3.05, 3.63) is 57.6 Å². The van der Waals surface area contributed by atoms with Crippen molar-refractivity contribution >= 4 is 29.1 Å². The minimum absolute atomic E-state index is 0.0500. The summed E-state index contributed by atoms with van der Waals surface area (Å²) < 4.78 is 7.35. The third-order valence-electron chi connectivity index (χ3n) is 3.71. The number of nitrogens with zero attached hydrogens (tertiary/aromatic N) is 4.